The van der Waals surface area contributed by atoms with Crippen LogP contribution in [0.1, 0.15) is 34.1 Å². The quantitative estimate of drug-likeness (QED) is 0.746. The number of hydrogen-bond donors (Lipinski definition) is 1. The Balaban J connectivity index is 2.66. The summed E-state index contributed by atoms with van der Waals surface area (Å²) in [6.45, 7) is 7.38. The van der Waals surface area contributed by atoms with Crippen LogP contribution in [0.4, 0.5) is 0 Å². The van der Waals surface area contributed by atoms with Crippen LogP contribution in [0.25, 0.3) is 0 Å². The number of nitrogens with zero attached hydrogens (tertiary/aromatic N) is 1. The summed E-state index contributed by atoms with van der Waals surface area (Å²) in [5.74, 6) is -1.22. The fourth-order valence-corrected chi connectivity index (χ4v) is 2.12. The molecule has 1 aliphatic heterocycles. The van der Waals surface area contributed by atoms with Crippen molar-refractivity contribution in [3.63, 3.8) is 0 Å². The molecular formula is C13H22N2O4. The summed E-state index contributed by atoms with van der Waals surface area (Å²) in [6, 6.07) is 0.0823. The van der Waals surface area contributed by atoms with E-state index in [9.17, 15) is 14.4 Å². The van der Waals surface area contributed by atoms with Gasteiger partial charge in [-0.2, -0.15) is 0 Å². The van der Waals surface area contributed by atoms with Crippen LogP contribution >= 0.6 is 0 Å². The number of ether oxygens (including phenoxy) is 1. The van der Waals surface area contributed by atoms with Gasteiger partial charge in [0.05, 0.1) is 13.0 Å². The van der Waals surface area contributed by atoms with Crippen LogP contribution in [0.15, 0.2) is 0 Å². The highest BCUT2D eigenvalue weighted by Gasteiger charge is 2.39. The number of carbonyl (C=O) groups excluding carboxylic acids is 3. The van der Waals surface area contributed by atoms with E-state index < -0.39 is 17.4 Å². The van der Waals surface area contributed by atoms with Crippen LogP contribution < -0.4 is 5.32 Å². The lowest BCUT2D eigenvalue weighted by Gasteiger charge is -2.25. The maximum Gasteiger partial charge on any atom is 0.330 e. The number of nitrogens with one attached hydrogen (secondary N) is 1. The summed E-state index contributed by atoms with van der Waals surface area (Å²) in [7, 11) is 1.27. The smallest absolute Gasteiger partial charge is 0.330 e. The van der Waals surface area contributed by atoms with Gasteiger partial charge in [0.2, 0.25) is 11.8 Å². The van der Waals surface area contributed by atoms with Gasteiger partial charge in [0, 0.05) is 19.0 Å². The third kappa shape index (κ3) is 3.45. The van der Waals surface area contributed by atoms with Crippen molar-refractivity contribution in [2.75, 3.05) is 13.7 Å². The van der Waals surface area contributed by atoms with Crippen LogP contribution in [0.2, 0.25) is 0 Å². The molecule has 0 bridgehead atoms. The molecule has 0 radical (unpaired) electrons. The SMILES string of the molecule is COC(=O)C(C)(C)NC(=O)[C@H]1CC(=O)N(C(C)C)C1. The average molecular weight is 270 g/mol. The van der Waals surface area contributed by atoms with Crippen molar-refractivity contribution in [2.24, 2.45) is 5.92 Å². The second kappa shape index (κ2) is 5.59. The highest BCUT2D eigenvalue weighted by molar-refractivity contribution is 5.92. The van der Waals surface area contributed by atoms with Crippen molar-refractivity contribution in [3.8, 4) is 0 Å². The molecule has 1 heterocycles. The fourth-order valence-electron chi connectivity index (χ4n) is 2.12. The first-order valence-electron chi connectivity index (χ1n) is 6.39. The van der Waals surface area contributed by atoms with E-state index in [1.54, 1.807) is 18.7 Å². The number of amides is 2. The molecule has 0 aliphatic carbocycles. The lowest BCUT2D eigenvalue weighted by atomic mass is 10.0. The highest BCUT2D eigenvalue weighted by atomic mass is 16.5. The van der Waals surface area contributed by atoms with Gasteiger partial charge in [-0.3, -0.25) is 9.59 Å². The molecule has 108 valence electrons. The molecule has 1 rings (SSSR count). The number of esters is 1. The van der Waals surface area contributed by atoms with Crippen LogP contribution in [0.3, 0.4) is 0 Å². The zero-order valence-electron chi connectivity index (χ0n) is 12.1. The topological polar surface area (TPSA) is 75.7 Å². The third-order valence-electron chi connectivity index (χ3n) is 3.28. The largest absolute Gasteiger partial charge is 0.467 e. The maximum absolute atomic E-state index is 12.1. The predicted molar refractivity (Wildman–Crippen MR) is 69.2 cm³/mol. The minimum Gasteiger partial charge on any atom is -0.467 e. The Morgan fingerprint density at radius 2 is 2.00 bits per heavy atom. The lowest BCUT2D eigenvalue weighted by molar-refractivity contribution is -0.149. The van der Waals surface area contributed by atoms with E-state index in [0.29, 0.717) is 6.54 Å². The molecule has 0 aromatic carbocycles. The predicted octanol–water partition coefficient (Wildman–Crippen LogP) is 0.311. The molecule has 6 nitrogen and oxygen atoms in total. The first-order valence-corrected chi connectivity index (χ1v) is 6.39. The summed E-state index contributed by atoms with van der Waals surface area (Å²) in [5.41, 5.74) is -1.08. The molecule has 0 saturated carbocycles. The van der Waals surface area contributed by atoms with Crippen molar-refractivity contribution in [3.05, 3.63) is 0 Å². The van der Waals surface area contributed by atoms with E-state index in [2.05, 4.69) is 10.1 Å². The minimum absolute atomic E-state index is 0.0222. The van der Waals surface area contributed by atoms with Gasteiger partial charge in [-0.05, 0) is 27.7 Å². The molecule has 1 fully saturated rings. The van der Waals surface area contributed by atoms with Gasteiger partial charge in [0.25, 0.3) is 0 Å². The van der Waals surface area contributed by atoms with Crippen molar-refractivity contribution in [1.82, 2.24) is 10.2 Å². The van der Waals surface area contributed by atoms with Gasteiger partial charge in [-0.1, -0.05) is 0 Å². The van der Waals surface area contributed by atoms with E-state index in [1.807, 2.05) is 13.8 Å². The van der Waals surface area contributed by atoms with E-state index in [0.717, 1.165) is 0 Å². The summed E-state index contributed by atoms with van der Waals surface area (Å²) < 4.78 is 4.63. The molecule has 1 atom stereocenters. The molecule has 0 spiro atoms. The zero-order chi connectivity index (χ0) is 14.8. The monoisotopic (exact) mass is 270 g/mol. The number of methoxy groups -OCH3 is 1. The summed E-state index contributed by atoms with van der Waals surface area (Å²) >= 11 is 0. The molecular weight excluding hydrogens is 248 g/mol. The Hall–Kier alpha value is -1.59. The molecule has 2 amide bonds. The maximum atomic E-state index is 12.1. The van der Waals surface area contributed by atoms with E-state index >= 15 is 0 Å². The van der Waals surface area contributed by atoms with Crippen LogP contribution in [0, 0.1) is 5.92 Å². The lowest BCUT2D eigenvalue weighted by Crippen LogP contribution is -2.52. The normalized spacial score (nSPS) is 19.8. The van der Waals surface area contributed by atoms with Gasteiger partial charge < -0.3 is 15.0 Å². The Morgan fingerprint density at radius 1 is 1.42 bits per heavy atom. The molecule has 0 aromatic heterocycles. The van der Waals surface area contributed by atoms with Gasteiger partial charge in [-0.25, -0.2) is 4.79 Å². The van der Waals surface area contributed by atoms with E-state index in [1.165, 1.54) is 7.11 Å². The number of likely N-dealkylation sites (tertiary alicyclic amines) is 1. The van der Waals surface area contributed by atoms with Gasteiger partial charge in [-0.15, -0.1) is 0 Å². The number of rotatable bonds is 4. The van der Waals surface area contributed by atoms with Gasteiger partial charge >= 0.3 is 5.97 Å². The highest BCUT2D eigenvalue weighted by Crippen LogP contribution is 2.21. The van der Waals surface area contributed by atoms with Crippen LogP contribution in [-0.4, -0.2) is 47.9 Å². The Morgan fingerprint density at radius 3 is 2.42 bits per heavy atom. The van der Waals surface area contributed by atoms with Crippen molar-refractivity contribution in [2.45, 2.75) is 45.7 Å². The third-order valence-corrected chi connectivity index (χ3v) is 3.28. The molecule has 0 unspecified atom stereocenters. The minimum atomic E-state index is -1.08. The molecule has 0 aromatic rings. The summed E-state index contributed by atoms with van der Waals surface area (Å²) in [5, 5.41) is 2.64. The number of hydrogen-bond acceptors (Lipinski definition) is 4. The van der Waals surface area contributed by atoms with E-state index in [4.69, 9.17) is 0 Å². The summed E-state index contributed by atoms with van der Waals surface area (Å²) in [4.78, 5) is 37.0. The summed E-state index contributed by atoms with van der Waals surface area (Å²) in [6.07, 6.45) is 0.196. The molecule has 6 heteroatoms. The van der Waals surface area contributed by atoms with Crippen molar-refractivity contribution < 1.29 is 19.1 Å². The first kappa shape index (κ1) is 15.5. The Bertz CT molecular complexity index is 390. The van der Waals surface area contributed by atoms with Crippen LogP contribution in [0.5, 0.6) is 0 Å². The molecule has 1 N–H and O–H groups in total. The zero-order valence-corrected chi connectivity index (χ0v) is 12.1. The second-order valence-corrected chi connectivity index (χ2v) is 5.65. The molecule has 1 aliphatic rings. The molecule has 1 saturated heterocycles. The van der Waals surface area contributed by atoms with E-state index in [-0.39, 0.29) is 24.3 Å². The second-order valence-electron chi connectivity index (χ2n) is 5.65. The van der Waals surface area contributed by atoms with Gasteiger partial charge in [0.15, 0.2) is 0 Å². The molecule has 19 heavy (non-hydrogen) atoms. The Kier molecular flexibility index (Phi) is 4.55. The average Bonchev–Trinajstić information content (AvgIpc) is 2.69. The first-order chi connectivity index (χ1) is 8.69. The van der Waals surface area contributed by atoms with Gasteiger partial charge in [0.1, 0.15) is 5.54 Å². The Labute approximate surface area is 113 Å². The van der Waals surface area contributed by atoms with Crippen molar-refractivity contribution in [1.29, 1.82) is 0 Å². The van der Waals surface area contributed by atoms with Crippen LogP contribution in [-0.2, 0) is 19.1 Å². The van der Waals surface area contributed by atoms with Crippen molar-refractivity contribution >= 4 is 17.8 Å². The fraction of sp³-hybridized carbons (Fsp3) is 0.769. The standard InChI is InChI=1S/C13H22N2O4/c1-8(2)15-7-9(6-10(15)16)11(17)14-13(3,4)12(18)19-5/h8-9H,6-7H2,1-5H3,(H,14,17)/t9-/m0/s1. The number of carbonyl (C=O) groups is 3.